The van der Waals surface area contributed by atoms with Gasteiger partial charge < -0.3 is 20.1 Å². The molecule has 4 bridgehead atoms. The molecule has 4 fully saturated rings. The number of carboxylic acids is 1. The van der Waals surface area contributed by atoms with E-state index in [0.29, 0.717) is 73.0 Å². The Kier molecular flexibility index (Phi) is 14.6. The Labute approximate surface area is 450 Å². The third-order valence-electron chi connectivity index (χ3n) is 16.3. The van der Waals surface area contributed by atoms with E-state index in [-0.39, 0.29) is 78.0 Å². The smallest absolute Gasteiger partial charge is 0.355 e. The summed E-state index contributed by atoms with van der Waals surface area (Å²) < 4.78 is 43.4. The van der Waals surface area contributed by atoms with Crippen LogP contribution in [0.2, 0.25) is 0 Å². The highest BCUT2D eigenvalue weighted by atomic mass is 32.2. The number of carboxylic acid groups (broad SMARTS) is 1. The molecule has 0 saturated heterocycles. The van der Waals surface area contributed by atoms with Gasteiger partial charge in [-0.1, -0.05) is 55.9 Å². The summed E-state index contributed by atoms with van der Waals surface area (Å²) in [5.74, 6) is -4.91. The zero-order valence-corrected chi connectivity index (χ0v) is 45.1. The summed E-state index contributed by atoms with van der Waals surface area (Å²) in [5, 5.41) is 21.8. The first-order chi connectivity index (χ1) is 36.6. The number of fused-ring (bicyclic) bond motifs is 2. The number of aromatic carboxylic acids is 1. The van der Waals surface area contributed by atoms with E-state index in [0.717, 1.165) is 70.5 Å². The molecule has 2 aromatic carbocycles. The van der Waals surface area contributed by atoms with E-state index in [1.807, 2.05) is 59.0 Å². The van der Waals surface area contributed by atoms with Crippen LogP contribution in [0.15, 0.2) is 72.9 Å². The van der Waals surface area contributed by atoms with Crippen molar-refractivity contribution < 1.29 is 51.6 Å². The number of ketones is 1. The maximum atomic E-state index is 13.7. The second-order valence-corrected chi connectivity index (χ2v) is 25.4. The fourth-order valence-corrected chi connectivity index (χ4v) is 15.9. The standard InChI is InChI=1S/C56H64N8O11S2/c1-35-41(39-15-16-45(60-48(39)51(70)71)62-22-19-36-10-9-12-40(42(36)26-62)50(69)61-52-59-43-13-6-7-14-44(43)76-52)25-58-64(35)34-55-29-53(2)28-54(3,30-55)32-56(31-53,33-55)75-23-20-57-49(68)37(27-77(72,73)74)24-38(65)11-5-4-8-21-63-46(66)17-18-47(63)67/h6-7,9-10,12-18,25,37H,4-5,8,11,19-24,26-34H2,1-3H3,(H,57,68)(H,70,71)(H,59,61,69)(H,72,73,74)/t37-,53?,54?,55?,56?/m0/s1. The second-order valence-electron chi connectivity index (χ2n) is 22.9. The molecular weight excluding hydrogens is 1020 g/mol. The van der Waals surface area contributed by atoms with Gasteiger partial charge in [-0.25, -0.2) is 14.8 Å². The molecule has 3 aromatic heterocycles. The lowest BCUT2D eigenvalue weighted by Crippen LogP contribution is -2.64. The van der Waals surface area contributed by atoms with Gasteiger partial charge in [0.15, 0.2) is 10.8 Å². The Morgan fingerprint density at radius 2 is 1.64 bits per heavy atom. The van der Waals surface area contributed by atoms with Crippen LogP contribution in [0.1, 0.15) is 122 Å². The summed E-state index contributed by atoms with van der Waals surface area (Å²) in [5.41, 5.74) is 4.28. The fourth-order valence-electron chi connectivity index (χ4n) is 14.3. The largest absolute Gasteiger partial charge is 0.476 e. The third kappa shape index (κ3) is 11.6. The molecule has 0 radical (unpaired) electrons. The molecule has 19 nitrogen and oxygen atoms in total. The van der Waals surface area contributed by atoms with E-state index < -0.39 is 39.3 Å². The number of carbonyl (C=O) groups excluding carboxylic acids is 5. The number of thiazole rings is 1. The Morgan fingerprint density at radius 1 is 0.883 bits per heavy atom. The summed E-state index contributed by atoms with van der Waals surface area (Å²) in [6, 6.07) is 17.0. The number of amides is 4. The number of ether oxygens (including phenoxy) is 1. The van der Waals surface area contributed by atoms with Gasteiger partial charge >= 0.3 is 5.97 Å². The SMILES string of the molecule is Cc1c(-c2ccc(N3CCc4cccc(C(=O)Nc5nc6ccccc6s5)c4C3)nc2C(=O)O)cnn1CC12CC3(C)CC(C)(C1)CC(OCCNC(=O)[C@@H](CC(=O)CCCCCN1C(=O)C=CC1=O)CS(=O)(=O)O)(C3)C2. The molecule has 2 unspecified atom stereocenters. The van der Waals surface area contributed by atoms with E-state index in [1.54, 1.807) is 18.3 Å². The summed E-state index contributed by atoms with van der Waals surface area (Å²) in [6.07, 6.45) is 11.3. The minimum Gasteiger partial charge on any atom is -0.476 e. The lowest BCUT2D eigenvalue weighted by Gasteiger charge is -2.69. The Morgan fingerprint density at radius 3 is 2.36 bits per heavy atom. The highest BCUT2D eigenvalue weighted by Crippen LogP contribution is 2.72. The molecule has 21 heteroatoms. The molecule has 4 amide bonds. The van der Waals surface area contributed by atoms with E-state index in [4.69, 9.17) is 14.8 Å². The zero-order valence-electron chi connectivity index (χ0n) is 43.5. The number of benzene rings is 2. The van der Waals surface area contributed by atoms with Crippen molar-refractivity contribution in [3.63, 3.8) is 0 Å². The summed E-state index contributed by atoms with van der Waals surface area (Å²) in [4.78, 5) is 89.2. The topological polar surface area (TPSA) is 260 Å². The number of nitrogens with one attached hydrogen (secondary N) is 2. The van der Waals surface area contributed by atoms with Crippen LogP contribution in [-0.4, -0.2) is 116 Å². The predicted molar refractivity (Wildman–Crippen MR) is 288 cm³/mol. The van der Waals surface area contributed by atoms with Crippen LogP contribution >= 0.6 is 11.3 Å². The molecule has 3 atom stereocenters. The number of rotatable bonds is 22. The average molecular weight is 1090 g/mol. The number of imide groups is 1. The van der Waals surface area contributed by atoms with Crippen LogP contribution in [0.3, 0.4) is 0 Å². The molecule has 5 aromatic rings. The van der Waals surface area contributed by atoms with Gasteiger partial charge in [-0.3, -0.25) is 43.4 Å². The van der Waals surface area contributed by atoms with Crippen LogP contribution in [0.5, 0.6) is 0 Å². The molecular formula is C56H64N8O11S2. The summed E-state index contributed by atoms with van der Waals surface area (Å²) in [7, 11) is -4.59. The van der Waals surface area contributed by atoms with E-state index in [2.05, 4.69) is 29.5 Å². The van der Waals surface area contributed by atoms with Crippen molar-refractivity contribution in [2.75, 3.05) is 42.2 Å². The first-order valence-corrected chi connectivity index (χ1v) is 28.7. The number of para-hydroxylation sites is 1. The number of hydrogen-bond acceptors (Lipinski definition) is 14. The predicted octanol–water partition coefficient (Wildman–Crippen LogP) is 7.58. The minimum absolute atomic E-state index is 0.0377. The number of anilines is 2. The lowest BCUT2D eigenvalue weighted by atomic mass is 9.39. The number of carbonyl (C=O) groups is 6. The zero-order chi connectivity index (χ0) is 54.5. The summed E-state index contributed by atoms with van der Waals surface area (Å²) in [6.45, 7) is 8.55. The van der Waals surface area contributed by atoms with Crippen molar-refractivity contribution in [1.29, 1.82) is 0 Å². The van der Waals surface area contributed by atoms with Crippen molar-refractivity contribution in [2.45, 2.75) is 117 Å². The monoisotopic (exact) mass is 1090 g/mol. The van der Waals surface area contributed by atoms with Gasteiger partial charge in [0.2, 0.25) is 5.91 Å². The van der Waals surface area contributed by atoms with Gasteiger partial charge in [0.25, 0.3) is 27.8 Å². The maximum Gasteiger partial charge on any atom is 0.355 e. The highest BCUT2D eigenvalue weighted by molar-refractivity contribution is 7.85. The molecule has 6 aliphatic rings. The van der Waals surface area contributed by atoms with E-state index in [1.165, 1.54) is 23.5 Å². The van der Waals surface area contributed by atoms with E-state index in [9.17, 15) is 46.8 Å². The molecule has 4 N–H and O–H groups in total. The van der Waals surface area contributed by atoms with Gasteiger partial charge in [-0.15, -0.1) is 0 Å². The molecule has 4 saturated carbocycles. The van der Waals surface area contributed by atoms with Crippen molar-refractivity contribution in [3.05, 3.63) is 101 Å². The highest BCUT2D eigenvalue weighted by Gasteiger charge is 2.66. The number of unbranched alkanes of at least 4 members (excludes halogenated alkanes) is 2. The van der Waals surface area contributed by atoms with Gasteiger partial charge in [0, 0.05) is 80.1 Å². The first-order valence-electron chi connectivity index (χ1n) is 26.3. The van der Waals surface area contributed by atoms with Crippen molar-refractivity contribution in [2.24, 2.45) is 22.2 Å². The van der Waals surface area contributed by atoms with Crippen LogP contribution in [-0.2, 0) is 53.5 Å². The molecule has 0 spiro atoms. The molecule has 11 rings (SSSR count). The molecule has 406 valence electrons. The van der Waals surface area contributed by atoms with Crippen LogP contribution in [0, 0.1) is 29.1 Å². The van der Waals surface area contributed by atoms with Crippen LogP contribution < -0.4 is 15.5 Å². The van der Waals surface area contributed by atoms with Gasteiger partial charge in [0.05, 0.1) is 40.3 Å². The van der Waals surface area contributed by atoms with Crippen molar-refractivity contribution in [1.82, 2.24) is 30.0 Å². The summed E-state index contributed by atoms with van der Waals surface area (Å²) >= 11 is 1.41. The van der Waals surface area contributed by atoms with Crippen molar-refractivity contribution in [3.8, 4) is 11.1 Å². The van der Waals surface area contributed by atoms with Crippen LogP contribution in [0.25, 0.3) is 21.3 Å². The molecule has 5 heterocycles. The number of nitrogens with zero attached hydrogens (tertiary/aromatic N) is 6. The normalized spacial score (nSPS) is 23.9. The van der Waals surface area contributed by atoms with E-state index >= 15 is 0 Å². The van der Waals surface area contributed by atoms with Gasteiger partial charge in [-0.05, 0) is 122 Å². The second kappa shape index (κ2) is 20.9. The number of hydrogen-bond donors (Lipinski definition) is 4. The average Bonchev–Trinajstić information content (AvgIpc) is 4.20. The Balaban J connectivity index is 0.777. The third-order valence-corrected chi connectivity index (χ3v) is 18.0. The number of Topliss-reactive ketones (excluding diaryl/α,β-unsaturated/α-hetero) is 1. The van der Waals surface area contributed by atoms with Crippen LogP contribution in [0.4, 0.5) is 10.9 Å². The molecule has 77 heavy (non-hydrogen) atoms. The lowest BCUT2D eigenvalue weighted by molar-refractivity contribution is -0.247. The maximum absolute atomic E-state index is 13.7. The van der Waals surface area contributed by atoms with Gasteiger partial charge in [-0.2, -0.15) is 13.5 Å². The minimum atomic E-state index is -4.59. The van der Waals surface area contributed by atoms with Gasteiger partial charge in [0.1, 0.15) is 11.6 Å². The number of pyridine rings is 1. The Bertz CT molecular complexity index is 3280. The fraction of sp³-hybridized carbons (Fsp3) is 0.482. The number of aromatic nitrogens is 4. The van der Waals surface area contributed by atoms with Crippen molar-refractivity contribution >= 4 is 78.0 Å². The first kappa shape index (κ1) is 53.7. The molecule has 2 aliphatic heterocycles. The molecule has 4 aliphatic carbocycles. The quantitative estimate of drug-likeness (QED) is 0.0296. The Hall–Kier alpha value is -6.68.